The molecule has 26 heavy (non-hydrogen) atoms. The Morgan fingerprint density at radius 1 is 0.962 bits per heavy atom. The minimum absolute atomic E-state index is 0.0348. The lowest BCUT2D eigenvalue weighted by Crippen LogP contribution is -2.04. The Morgan fingerprint density at radius 2 is 1.62 bits per heavy atom. The maximum Gasteiger partial charge on any atom is 0.159 e. The maximum atomic E-state index is 14.3. The zero-order valence-electron chi connectivity index (χ0n) is 14.2. The van der Waals surface area contributed by atoms with E-state index in [1.54, 1.807) is 14.0 Å². The summed E-state index contributed by atoms with van der Waals surface area (Å²) in [5.41, 5.74) is 0.806. The van der Waals surface area contributed by atoms with Gasteiger partial charge >= 0.3 is 0 Å². The Kier molecular flexibility index (Phi) is 4.58. The highest BCUT2D eigenvalue weighted by Gasteiger charge is 2.20. The van der Waals surface area contributed by atoms with Crippen molar-refractivity contribution in [2.75, 3.05) is 12.4 Å². The fourth-order valence-corrected chi connectivity index (χ4v) is 2.70. The van der Waals surface area contributed by atoms with E-state index in [0.717, 1.165) is 24.3 Å². The maximum absolute atomic E-state index is 14.3. The molecule has 3 rings (SSSR count). The molecule has 1 heterocycles. The van der Waals surface area contributed by atoms with E-state index in [4.69, 9.17) is 4.74 Å². The molecule has 0 spiro atoms. The summed E-state index contributed by atoms with van der Waals surface area (Å²) >= 11 is 0. The van der Waals surface area contributed by atoms with Gasteiger partial charge < -0.3 is 10.1 Å². The van der Waals surface area contributed by atoms with Crippen LogP contribution >= 0.6 is 0 Å². The summed E-state index contributed by atoms with van der Waals surface area (Å²) in [7, 11) is 2.87. The molecular formula is C18H15F4N3O. The quantitative estimate of drug-likeness (QED) is 0.681. The van der Waals surface area contributed by atoms with Gasteiger partial charge in [-0.05, 0) is 24.6 Å². The number of nitrogens with zero attached hydrogens (tertiary/aromatic N) is 2. The number of hydrogen-bond acceptors (Lipinski definition) is 3. The van der Waals surface area contributed by atoms with Gasteiger partial charge in [-0.15, -0.1) is 0 Å². The first-order valence-corrected chi connectivity index (χ1v) is 7.61. The molecule has 136 valence electrons. The molecule has 0 aliphatic rings. The molecule has 3 aromatic rings. The Balaban J connectivity index is 2.11. The van der Waals surface area contributed by atoms with Crippen molar-refractivity contribution >= 4 is 11.5 Å². The molecule has 1 N–H and O–H groups in total. The van der Waals surface area contributed by atoms with Crippen LogP contribution in [0.5, 0.6) is 5.75 Å². The van der Waals surface area contributed by atoms with Gasteiger partial charge in [-0.1, -0.05) is 6.07 Å². The summed E-state index contributed by atoms with van der Waals surface area (Å²) < 4.78 is 61.5. The summed E-state index contributed by atoms with van der Waals surface area (Å²) in [5.74, 6) is -3.48. The fourth-order valence-electron chi connectivity index (χ4n) is 2.70. The monoisotopic (exact) mass is 365 g/mol. The van der Waals surface area contributed by atoms with Crippen molar-refractivity contribution in [1.29, 1.82) is 0 Å². The zero-order chi connectivity index (χ0) is 19.0. The van der Waals surface area contributed by atoms with Crippen LogP contribution in [0.1, 0.15) is 5.69 Å². The highest BCUT2D eigenvalue weighted by atomic mass is 19.2. The highest BCUT2D eigenvalue weighted by Crippen LogP contribution is 2.35. The summed E-state index contributed by atoms with van der Waals surface area (Å²) in [6.45, 7) is 1.66. The SMILES string of the molecule is COc1cc(F)c(Nc2c(-c3ccc(F)c(F)c3)c(C)nn2C)c(F)c1. The predicted molar refractivity (Wildman–Crippen MR) is 89.5 cm³/mol. The number of halogens is 4. The minimum Gasteiger partial charge on any atom is -0.497 e. The first-order chi connectivity index (χ1) is 12.3. The average Bonchev–Trinajstić information content (AvgIpc) is 2.86. The Labute approximate surface area is 147 Å². The van der Waals surface area contributed by atoms with E-state index in [-0.39, 0.29) is 11.6 Å². The second-order valence-electron chi connectivity index (χ2n) is 5.65. The van der Waals surface area contributed by atoms with Crippen molar-refractivity contribution < 1.29 is 22.3 Å². The third-order valence-electron chi connectivity index (χ3n) is 3.93. The molecule has 0 aliphatic heterocycles. The van der Waals surface area contributed by atoms with E-state index >= 15 is 0 Å². The van der Waals surface area contributed by atoms with Gasteiger partial charge in [-0.25, -0.2) is 17.6 Å². The van der Waals surface area contributed by atoms with Crippen molar-refractivity contribution in [3.63, 3.8) is 0 Å². The van der Waals surface area contributed by atoms with Gasteiger partial charge in [0.05, 0.1) is 12.8 Å². The van der Waals surface area contributed by atoms with Crippen LogP contribution in [0.4, 0.5) is 29.1 Å². The van der Waals surface area contributed by atoms with Crippen LogP contribution in [-0.2, 0) is 7.05 Å². The summed E-state index contributed by atoms with van der Waals surface area (Å²) in [6, 6.07) is 5.42. The van der Waals surface area contributed by atoms with Crippen LogP contribution < -0.4 is 10.1 Å². The van der Waals surface area contributed by atoms with Gasteiger partial charge in [0, 0.05) is 24.7 Å². The van der Waals surface area contributed by atoms with E-state index in [2.05, 4.69) is 10.4 Å². The summed E-state index contributed by atoms with van der Waals surface area (Å²) in [5, 5.41) is 6.86. The van der Waals surface area contributed by atoms with Crippen LogP contribution in [-0.4, -0.2) is 16.9 Å². The van der Waals surface area contributed by atoms with Crippen molar-refractivity contribution in [1.82, 2.24) is 9.78 Å². The number of aromatic nitrogens is 2. The van der Waals surface area contributed by atoms with E-state index in [1.165, 1.54) is 17.9 Å². The predicted octanol–water partition coefficient (Wildman–Crippen LogP) is 4.70. The molecule has 0 aliphatic carbocycles. The molecule has 0 bridgehead atoms. The van der Waals surface area contributed by atoms with Crippen molar-refractivity contribution in [2.24, 2.45) is 7.05 Å². The molecular weight excluding hydrogens is 350 g/mol. The molecule has 4 nitrogen and oxygen atoms in total. The molecule has 2 aromatic carbocycles. The molecule has 1 aromatic heterocycles. The number of nitrogens with one attached hydrogen (secondary N) is 1. The van der Waals surface area contributed by atoms with E-state index < -0.39 is 29.0 Å². The number of rotatable bonds is 4. The van der Waals surface area contributed by atoms with Crippen LogP contribution in [0, 0.1) is 30.2 Å². The molecule has 0 saturated heterocycles. The third-order valence-corrected chi connectivity index (χ3v) is 3.93. The van der Waals surface area contributed by atoms with Gasteiger partial charge in [0.15, 0.2) is 23.3 Å². The summed E-state index contributed by atoms with van der Waals surface area (Å²) in [6.07, 6.45) is 0. The number of aryl methyl sites for hydroxylation is 2. The molecule has 8 heteroatoms. The van der Waals surface area contributed by atoms with Crippen molar-refractivity contribution in [3.8, 4) is 16.9 Å². The standard InChI is InChI=1S/C18H15F4N3O/c1-9-16(10-4-5-12(19)13(20)6-10)18(25(2)24-9)23-17-14(21)7-11(26-3)8-15(17)22/h4-8,23H,1-3H3. The van der Waals surface area contributed by atoms with Crippen LogP contribution in [0.15, 0.2) is 30.3 Å². The molecule has 0 amide bonds. The topological polar surface area (TPSA) is 39.1 Å². The lowest BCUT2D eigenvalue weighted by atomic mass is 10.1. The number of anilines is 2. The second kappa shape index (κ2) is 6.70. The van der Waals surface area contributed by atoms with Gasteiger partial charge in [-0.3, -0.25) is 4.68 Å². The Bertz CT molecular complexity index is 962. The molecule has 0 atom stereocenters. The molecule has 0 unspecified atom stereocenters. The first kappa shape index (κ1) is 17.8. The molecule has 0 radical (unpaired) electrons. The van der Waals surface area contributed by atoms with E-state index in [1.807, 2.05) is 0 Å². The molecule has 0 saturated carbocycles. The fraction of sp³-hybridized carbons (Fsp3) is 0.167. The number of ether oxygens (including phenoxy) is 1. The van der Waals surface area contributed by atoms with Gasteiger partial charge in [0.2, 0.25) is 0 Å². The number of benzene rings is 2. The van der Waals surface area contributed by atoms with Crippen LogP contribution in [0.3, 0.4) is 0 Å². The minimum atomic E-state index is -1.03. The van der Waals surface area contributed by atoms with E-state index in [0.29, 0.717) is 16.8 Å². The second-order valence-corrected chi connectivity index (χ2v) is 5.65. The highest BCUT2D eigenvalue weighted by molar-refractivity contribution is 5.81. The van der Waals surface area contributed by atoms with E-state index in [9.17, 15) is 17.6 Å². The van der Waals surface area contributed by atoms with Gasteiger partial charge in [0.25, 0.3) is 0 Å². The zero-order valence-corrected chi connectivity index (χ0v) is 14.2. The number of hydrogen-bond donors (Lipinski definition) is 1. The lowest BCUT2D eigenvalue weighted by Gasteiger charge is -2.13. The largest absolute Gasteiger partial charge is 0.497 e. The van der Waals surface area contributed by atoms with Crippen molar-refractivity contribution in [2.45, 2.75) is 6.92 Å². The van der Waals surface area contributed by atoms with Gasteiger partial charge in [0.1, 0.15) is 17.3 Å². The van der Waals surface area contributed by atoms with Gasteiger partial charge in [-0.2, -0.15) is 5.10 Å². The average molecular weight is 365 g/mol. The van der Waals surface area contributed by atoms with Crippen molar-refractivity contribution in [3.05, 3.63) is 59.3 Å². The number of methoxy groups -OCH3 is 1. The first-order valence-electron chi connectivity index (χ1n) is 7.61. The Morgan fingerprint density at radius 3 is 2.19 bits per heavy atom. The van der Waals surface area contributed by atoms with Crippen LogP contribution in [0.2, 0.25) is 0 Å². The Hall–Kier alpha value is -3.03. The lowest BCUT2D eigenvalue weighted by molar-refractivity contribution is 0.407. The van der Waals surface area contributed by atoms with Crippen LogP contribution in [0.25, 0.3) is 11.1 Å². The smallest absolute Gasteiger partial charge is 0.159 e. The normalized spacial score (nSPS) is 10.9. The third kappa shape index (κ3) is 3.10. The summed E-state index contributed by atoms with van der Waals surface area (Å²) in [4.78, 5) is 0. The molecule has 0 fully saturated rings.